The Morgan fingerprint density at radius 3 is 2.52 bits per heavy atom. The molecule has 3 aromatic rings. The van der Waals surface area contributed by atoms with E-state index < -0.39 is 0 Å². The molecule has 1 fully saturated rings. The second-order valence-electron chi connectivity index (χ2n) is 8.73. The number of hydrogen-bond acceptors (Lipinski definition) is 4. The molecule has 2 aromatic heterocycles. The summed E-state index contributed by atoms with van der Waals surface area (Å²) in [4.78, 5) is 19.6. The Bertz CT molecular complexity index is 969. The average molecular weight is 421 g/mol. The van der Waals surface area contributed by atoms with Gasteiger partial charge in [0.05, 0.1) is 5.69 Å². The predicted molar refractivity (Wildman–Crippen MR) is 122 cm³/mol. The van der Waals surface area contributed by atoms with Crippen molar-refractivity contribution in [1.82, 2.24) is 19.6 Å². The third-order valence-electron chi connectivity index (χ3n) is 6.48. The topological polar surface area (TPSA) is 58.9 Å². The number of hydrogen-bond donors (Lipinski definition) is 1. The van der Waals surface area contributed by atoms with Gasteiger partial charge in [-0.25, -0.2) is 4.98 Å². The smallest absolute Gasteiger partial charge is 0.251 e. The first-order valence-electron chi connectivity index (χ1n) is 11.2. The van der Waals surface area contributed by atoms with Crippen molar-refractivity contribution in [1.29, 1.82) is 0 Å². The quantitative estimate of drug-likeness (QED) is 0.579. The first-order valence-corrected chi connectivity index (χ1v) is 11.2. The molecule has 1 amide bonds. The second kappa shape index (κ2) is 9.52. The van der Waals surface area contributed by atoms with Crippen LogP contribution < -0.4 is 10.1 Å². The number of carbonyl (C=O) groups is 1. The molecule has 1 aromatic carbocycles. The molecule has 6 heteroatoms. The van der Waals surface area contributed by atoms with Gasteiger partial charge in [-0.05, 0) is 63.3 Å². The normalized spacial score (nSPS) is 16.2. The third kappa shape index (κ3) is 5.07. The summed E-state index contributed by atoms with van der Waals surface area (Å²) in [5, 5.41) is 3.18. The van der Waals surface area contributed by atoms with E-state index in [-0.39, 0.29) is 11.4 Å². The molecule has 1 saturated carbocycles. The molecule has 164 valence electrons. The highest BCUT2D eigenvalue weighted by Crippen LogP contribution is 2.30. The number of imidazole rings is 1. The minimum absolute atomic E-state index is 0.0302. The molecular formula is C25H32N4O2. The number of nitrogens with zero attached hydrogens (tertiary/aromatic N) is 3. The number of benzene rings is 1. The molecule has 1 aliphatic carbocycles. The summed E-state index contributed by atoms with van der Waals surface area (Å²) in [5.41, 5.74) is 2.48. The maximum Gasteiger partial charge on any atom is 0.251 e. The van der Waals surface area contributed by atoms with E-state index in [1.807, 2.05) is 59.3 Å². The Kier molecular flexibility index (Phi) is 6.56. The van der Waals surface area contributed by atoms with Gasteiger partial charge in [0.2, 0.25) is 0 Å². The van der Waals surface area contributed by atoms with E-state index in [1.54, 1.807) is 0 Å². The molecule has 2 heterocycles. The molecule has 0 bridgehead atoms. The Morgan fingerprint density at radius 1 is 1.10 bits per heavy atom. The number of amides is 1. The molecule has 0 saturated heterocycles. The highest BCUT2D eigenvalue weighted by Gasteiger charge is 2.33. The average Bonchev–Trinajstić information content (AvgIpc) is 3.05. The van der Waals surface area contributed by atoms with Gasteiger partial charge in [0.25, 0.3) is 5.91 Å². The molecular weight excluding hydrogens is 388 g/mol. The van der Waals surface area contributed by atoms with Gasteiger partial charge >= 0.3 is 0 Å². The van der Waals surface area contributed by atoms with Gasteiger partial charge in [-0.2, -0.15) is 0 Å². The van der Waals surface area contributed by atoms with Crippen molar-refractivity contribution in [2.24, 2.45) is 0 Å². The van der Waals surface area contributed by atoms with Crippen LogP contribution in [0.5, 0.6) is 5.75 Å². The van der Waals surface area contributed by atoms with Crippen molar-refractivity contribution in [3.8, 4) is 5.75 Å². The highest BCUT2D eigenvalue weighted by atomic mass is 16.5. The monoisotopic (exact) mass is 420 g/mol. The summed E-state index contributed by atoms with van der Waals surface area (Å²) in [5.74, 6) is 0.694. The lowest BCUT2D eigenvalue weighted by Gasteiger charge is -2.39. The lowest BCUT2D eigenvalue weighted by molar-refractivity contribution is 0.0869. The molecule has 1 aliphatic rings. The van der Waals surface area contributed by atoms with Crippen molar-refractivity contribution in [2.45, 2.75) is 50.7 Å². The van der Waals surface area contributed by atoms with Gasteiger partial charge < -0.3 is 19.4 Å². The second-order valence-corrected chi connectivity index (χ2v) is 8.73. The van der Waals surface area contributed by atoms with Gasteiger partial charge in [0.15, 0.2) is 0 Å². The van der Waals surface area contributed by atoms with Crippen LogP contribution in [0.25, 0.3) is 5.65 Å². The van der Waals surface area contributed by atoms with E-state index in [0.717, 1.165) is 29.9 Å². The van der Waals surface area contributed by atoms with Crippen LogP contribution >= 0.6 is 0 Å². The van der Waals surface area contributed by atoms with Gasteiger partial charge in [-0.3, -0.25) is 4.79 Å². The van der Waals surface area contributed by atoms with E-state index >= 15 is 0 Å². The van der Waals surface area contributed by atoms with Crippen LogP contribution in [0.4, 0.5) is 0 Å². The Labute approximate surface area is 184 Å². The minimum Gasteiger partial charge on any atom is -0.487 e. The molecule has 4 rings (SSSR count). The number of aromatic nitrogens is 2. The standard InChI is InChI=1S/C25H32N4O2/c1-28(2)25(14-6-3-4-7-15-25)19-26-24(30)20-10-12-22(13-11-20)31-18-21-17-29-16-8-5-9-23(29)27-21/h5,8-13,16-17H,3-4,6-7,14-15,18-19H2,1-2H3,(H,26,30). The first kappa shape index (κ1) is 21.4. The number of pyridine rings is 1. The van der Waals surface area contributed by atoms with Crippen LogP contribution in [0.3, 0.4) is 0 Å². The molecule has 0 spiro atoms. The molecule has 0 radical (unpaired) electrons. The van der Waals surface area contributed by atoms with E-state index in [9.17, 15) is 4.79 Å². The van der Waals surface area contributed by atoms with E-state index in [4.69, 9.17) is 4.74 Å². The van der Waals surface area contributed by atoms with E-state index in [1.165, 1.54) is 25.7 Å². The molecule has 0 aliphatic heterocycles. The number of ether oxygens (including phenoxy) is 1. The fraction of sp³-hybridized carbons (Fsp3) is 0.440. The summed E-state index contributed by atoms with van der Waals surface area (Å²) in [7, 11) is 4.26. The summed E-state index contributed by atoms with van der Waals surface area (Å²) in [6.07, 6.45) is 11.2. The summed E-state index contributed by atoms with van der Waals surface area (Å²) in [6, 6.07) is 13.2. The fourth-order valence-corrected chi connectivity index (χ4v) is 4.43. The number of rotatable bonds is 7. The Balaban J connectivity index is 1.33. The van der Waals surface area contributed by atoms with Crippen LogP contribution in [0, 0.1) is 0 Å². The van der Waals surface area contributed by atoms with Crippen LogP contribution in [0.1, 0.15) is 54.6 Å². The number of carbonyl (C=O) groups excluding carboxylic acids is 1. The van der Waals surface area contributed by atoms with Crippen LogP contribution in [0.2, 0.25) is 0 Å². The number of likely N-dealkylation sites (N-methyl/N-ethyl adjacent to an activating group) is 1. The van der Waals surface area contributed by atoms with Crippen molar-refractivity contribution in [2.75, 3.05) is 20.6 Å². The Hall–Kier alpha value is -2.86. The van der Waals surface area contributed by atoms with Crippen LogP contribution in [-0.2, 0) is 6.61 Å². The van der Waals surface area contributed by atoms with Gasteiger partial charge in [0, 0.05) is 30.0 Å². The lowest BCUT2D eigenvalue weighted by atomic mass is 9.88. The van der Waals surface area contributed by atoms with Crippen molar-refractivity contribution in [3.63, 3.8) is 0 Å². The maximum absolute atomic E-state index is 12.7. The third-order valence-corrected chi connectivity index (χ3v) is 6.48. The summed E-state index contributed by atoms with van der Waals surface area (Å²) >= 11 is 0. The largest absolute Gasteiger partial charge is 0.487 e. The maximum atomic E-state index is 12.7. The molecule has 31 heavy (non-hydrogen) atoms. The van der Waals surface area contributed by atoms with Crippen molar-refractivity contribution in [3.05, 3.63) is 66.1 Å². The number of nitrogens with one attached hydrogen (secondary N) is 1. The Morgan fingerprint density at radius 2 is 1.84 bits per heavy atom. The van der Waals surface area contributed by atoms with E-state index in [0.29, 0.717) is 18.7 Å². The summed E-state index contributed by atoms with van der Waals surface area (Å²) < 4.78 is 7.83. The molecule has 0 atom stereocenters. The SMILES string of the molecule is CN(C)C1(CNC(=O)c2ccc(OCc3cn4ccccc4n3)cc2)CCCCCC1. The van der Waals surface area contributed by atoms with Crippen molar-refractivity contribution >= 4 is 11.6 Å². The van der Waals surface area contributed by atoms with Gasteiger partial charge in [-0.1, -0.05) is 31.7 Å². The van der Waals surface area contributed by atoms with Crippen LogP contribution in [0.15, 0.2) is 54.9 Å². The zero-order chi connectivity index (χ0) is 21.7. The minimum atomic E-state index is -0.0302. The predicted octanol–water partition coefficient (Wildman–Crippen LogP) is 4.30. The number of fused-ring (bicyclic) bond motifs is 1. The molecule has 0 unspecified atom stereocenters. The zero-order valence-electron chi connectivity index (χ0n) is 18.5. The zero-order valence-corrected chi connectivity index (χ0v) is 18.5. The van der Waals surface area contributed by atoms with E-state index in [2.05, 4.69) is 29.3 Å². The van der Waals surface area contributed by atoms with Crippen molar-refractivity contribution < 1.29 is 9.53 Å². The lowest BCUT2D eigenvalue weighted by Crippen LogP contribution is -2.52. The molecule has 6 nitrogen and oxygen atoms in total. The first-order chi connectivity index (χ1) is 15.1. The van der Waals surface area contributed by atoms with Crippen LogP contribution in [-0.4, -0.2) is 46.4 Å². The van der Waals surface area contributed by atoms with Gasteiger partial charge in [0.1, 0.15) is 18.0 Å². The summed E-state index contributed by atoms with van der Waals surface area (Å²) in [6.45, 7) is 1.07. The highest BCUT2D eigenvalue weighted by molar-refractivity contribution is 5.94. The fourth-order valence-electron chi connectivity index (χ4n) is 4.43. The van der Waals surface area contributed by atoms with Gasteiger partial charge in [-0.15, -0.1) is 0 Å². The molecule has 1 N–H and O–H groups in total.